The lowest BCUT2D eigenvalue weighted by Gasteiger charge is -2.33. The minimum Gasteiger partial charge on any atom is -0.456 e. The van der Waals surface area contributed by atoms with Crippen molar-refractivity contribution in [1.82, 2.24) is 0 Å². The van der Waals surface area contributed by atoms with Crippen molar-refractivity contribution in [3.05, 3.63) is 198 Å². The molecule has 1 heterocycles. The number of fused-ring (bicyclic) bond motifs is 5. The zero-order valence-electron chi connectivity index (χ0n) is 34.2. The largest absolute Gasteiger partial charge is 0.456 e. The third-order valence-corrected chi connectivity index (χ3v) is 13.2. The molecular weight excluding hydrogens is 715 g/mol. The molecule has 0 N–H and O–H groups in total. The number of allylic oxidation sites excluding steroid dienone is 5. The van der Waals surface area contributed by atoms with E-state index < -0.39 is 0 Å². The fourth-order valence-electron chi connectivity index (χ4n) is 10.1. The fraction of sp³-hybridized carbons (Fsp3) is 0.193. The number of nitrogens with zero attached hydrogens (tertiary/aromatic N) is 1. The number of rotatable bonds is 7. The molecule has 0 saturated heterocycles. The van der Waals surface area contributed by atoms with Crippen LogP contribution in [0.5, 0.6) is 0 Å². The van der Waals surface area contributed by atoms with Gasteiger partial charge in [-0.2, -0.15) is 0 Å². The predicted molar refractivity (Wildman–Crippen MR) is 249 cm³/mol. The smallest absolute Gasteiger partial charge is 0.135 e. The van der Waals surface area contributed by atoms with Gasteiger partial charge in [-0.05, 0) is 122 Å². The Hall–Kier alpha value is -6.38. The van der Waals surface area contributed by atoms with Crippen LogP contribution in [0.4, 0.5) is 11.4 Å². The van der Waals surface area contributed by atoms with E-state index in [1.165, 1.54) is 121 Å². The molecule has 2 heteroatoms. The van der Waals surface area contributed by atoms with E-state index in [1.807, 2.05) is 6.07 Å². The first-order chi connectivity index (χ1) is 28.9. The number of para-hydroxylation sites is 2. The van der Waals surface area contributed by atoms with Crippen molar-refractivity contribution in [2.75, 3.05) is 4.90 Å². The third-order valence-electron chi connectivity index (χ3n) is 13.2. The normalized spacial score (nSPS) is 16.8. The monoisotopic (exact) mass is 763 g/mol. The summed E-state index contributed by atoms with van der Waals surface area (Å²) < 4.78 is 6.22. The molecule has 11 rings (SSSR count). The van der Waals surface area contributed by atoms with Gasteiger partial charge >= 0.3 is 0 Å². The Morgan fingerprint density at radius 3 is 2.14 bits per heavy atom. The highest BCUT2D eigenvalue weighted by Gasteiger charge is 2.38. The van der Waals surface area contributed by atoms with Crippen LogP contribution in [0, 0.1) is 5.92 Å². The van der Waals surface area contributed by atoms with Gasteiger partial charge in [0.05, 0.1) is 11.4 Å². The van der Waals surface area contributed by atoms with E-state index in [4.69, 9.17) is 4.42 Å². The average molecular weight is 764 g/mol. The highest BCUT2D eigenvalue weighted by molar-refractivity contribution is 6.07. The van der Waals surface area contributed by atoms with Crippen LogP contribution in [0.2, 0.25) is 0 Å². The standard InChI is InChI=1S/C57H49NO/c1-57(2,3)41-29-32-52(48(35-41)38-18-8-5-9-19-38)58(42-30-31-47-50(36-42)56(47)40-28-33-54-49(34-40)45-23-11-13-27-53(45)59-54)51-26-12-10-22-44(51)46-25-15-21-39-20-14-24-43(55(39)46)37-16-6-4-7-17-37/h5,8-15,18-37,50H,4,6-7,16-17H2,1-3H3/t50-/m1/s1. The van der Waals surface area contributed by atoms with Crippen LogP contribution in [-0.2, 0) is 5.41 Å². The molecule has 1 atom stereocenters. The van der Waals surface area contributed by atoms with Gasteiger partial charge in [0.25, 0.3) is 0 Å². The van der Waals surface area contributed by atoms with Crippen LogP contribution in [0.3, 0.4) is 0 Å². The van der Waals surface area contributed by atoms with Crippen molar-refractivity contribution in [1.29, 1.82) is 0 Å². The molecule has 0 spiro atoms. The predicted octanol–water partition coefficient (Wildman–Crippen LogP) is 16.1. The summed E-state index contributed by atoms with van der Waals surface area (Å²) in [4.78, 5) is 2.56. The second-order valence-corrected chi connectivity index (χ2v) is 17.9. The molecule has 3 aliphatic carbocycles. The summed E-state index contributed by atoms with van der Waals surface area (Å²) in [6.07, 6.45) is 13.7. The van der Waals surface area contributed by atoms with Gasteiger partial charge in [-0.3, -0.25) is 0 Å². The minimum atomic E-state index is -0.00354. The highest BCUT2D eigenvalue weighted by atomic mass is 16.3. The average Bonchev–Trinajstić information content (AvgIpc) is 3.88. The van der Waals surface area contributed by atoms with Crippen molar-refractivity contribution >= 4 is 49.7 Å². The minimum absolute atomic E-state index is 0.00354. The second-order valence-electron chi connectivity index (χ2n) is 17.9. The zero-order chi connectivity index (χ0) is 39.7. The van der Waals surface area contributed by atoms with E-state index in [2.05, 4.69) is 189 Å². The number of hydrogen-bond acceptors (Lipinski definition) is 2. The number of hydrogen-bond donors (Lipinski definition) is 0. The molecule has 8 aromatic rings. The van der Waals surface area contributed by atoms with Gasteiger partial charge in [-0.15, -0.1) is 0 Å². The molecule has 0 radical (unpaired) electrons. The summed E-state index contributed by atoms with van der Waals surface area (Å²) >= 11 is 0. The van der Waals surface area contributed by atoms with Crippen molar-refractivity contribution in [2.24, 2.45) is 5.92 Å². The first-order valence-corrected chi connectivity index (χ1v) is 21.6. The van der Waals surface area contributed by atoms with Gasteiger partial charge in [0.15, 0.2) is 0 Å². The zero-order valence-corrected chi connectivity index (χ0v) is 34.2. The van der Waals surface area contributed by atoms with E-state index in [0.717, 1.165) is 11.2 Å². The number of benzene rings is 7. The van der Waals surface area contributed by atoms with Crippen LogP contribution in [0.1, 0.15) is 75.5 Å². The molecular formula is C57H49NO. The van der Waals surface area contributed by atoms with E-state index >= 15 is 0 Å². The van der Waals surface area contributed by atoms with Crippen LogP contribution in [-0.4, -0.2) is 0 Å². The molecule has 7 aromatic carbocycles. The van der Waals surface area contributed by atoms with Gasteiger partial charge in [0.2, 0.25) is 0 Å². The van der Waals surface area contributed by atoms with Gasteiger partial charge < -0.3 is 9.32 Å². The van der Waals surface area contributed by atoms with Crippen LogP contribution < -0.4 is 4.90 Å². The fourth-order valence-corrected chi connectivity index (χ4v) is 10.1. The topological polar surface area (TPSA) is 16.4 Å². The molecule has 1 saturated carbocycles. The molecule has 59 heavy (non-hydrogen) atoms. The van der Waals surface area contributed by atoms with E-state index in [1.54, 1.807) is 0 Å². The van der Waals surface area contributed by atoms with Crippen molar-refractivity contribution in [3.63, 3.8) is 0 Å². The maximum absolute atomic E-state index is 6.22. The summed E-state index contributed by atoms with van der Waals surface area (Å²) in [5, 5.41) is 5.07. The van der Waals surface area contributed by atoms with Crippen LogP contribution in [0.15, 0.2) is 186 Å². The number of anilines is 2. The Bertz CT molecular complexity index is 3010. The van der Waals surface area contributed by atoms with Gasteiger partial charge in [-0.25, -0.2) is 0 Å². The SMILES string of the molecule is CC(C)(C)c1ccc(N(C2=C[C@@H]3C(=C3c3ccc4oc5ccccc5c4c3)C=C2)c2ccccc2-c2cccc3cccc(C4CCCCC4)c23)c(-c2ccccc2)c1. The lowest BCUT2D eigenvalue weighted by molar-refractivity contribution is 0.445. The Labute approximate surface area is 347 Å². The maximum Gasteiger partial charge on any atom is 0.135 e. The molecule has 0 amide bonds. The third kappa shape index (κ3) is 6.25. The Kier molecular flexibility index (Phi) is 8.59. The van der Waals surface area contributed by atoms with Gasteiger partial charge in [0.1, 0.15) is 11.2 Å². The number of furan rings is 1. The Morgan fingerprint density at radius 2 is 1.29 bits per heavy atom. The molecule has 1 aromatic heterocycles. The molecule has 0 aliphatic heterocycles. The summed E-state index contributed by atoms with van der Waals surface area (Å²) in [5.41, 5.74) is 17.3. The molecule has 2 nitrogen and oxygen atoms in total. The van der Waals surface area contributed by atoms with Gasteiger partial charge in [-0.1, -0.05) is 161 Å². The van der Waals surface area contributed by atoms with E-state index in [9.17, 15) is 0 Å². The Morgan fingerprint density at radius 1 is 0.559 bits per heavy atom. The first-order valence-electron chi connectivity index (χ1n) is 21.6. The molecule has 3 aliphatic rings. The van der Waals surface area contributed by atoms with Crippen LogP contribution >= 0.6 is 0 Å². The van der Waals surface area contributed by atoms with Crippen molar-refractivity contribution < 1.29 is 4.42 Å². The maximum atomic E-state index is 6.22. The van der Waals surface area contributed by atoms with Crippen molar-refractivity contribution in [3.8, 4) is 22.3 Å². The summed E-state index contributed by atoms with van der Waals surface area (Å²) in [6, 6.07) is 56.3. The van der Waals surface area contributed by atoms with Crippen molar-refractivity contribution in [2.45, 2.75) is 64.2 Å². The quantitative estimate of drug-likeness (QED) is 0.161. The Balaban J connectivity index is 1.10. The molecule has 1 fully saturated rings. The highest BCUT2D eigenvalue weighted by Crippen LogP contribution is 2.54. The summed E-state index contributed by atoms with van der Waals surface area (Å²) in [5.74, 6) is 0.831. The summed E-state index contributed by atoms with van der Waals surface area (Å²) in [7, 11) is 0. The lowest BCUT2D eigenvalue weighted by atomic mass is 9.80. The second kappa shape index (κ2) is 14.2. The molecule has 0 bridgehead atoms. The van der Waals surface area contributed by atoms with E-state index in [-0.39, 0.29) is 11.3 Å². The van der Waals surface area contributed by atoms with Crippen LogP contribution in [0.25, 0.3) is 60.5 Å². The molecule has 0 unspecified atom stereocenters. The van der Waals surface area contributed by atoms with E-state index in [0.29, 0.717) is 5.92 Å². The lowest BCUT2D eigenvalue weighted by Crippen LogP contribution is -2.19. The molecule has 288 valence electrons. The first kappa shape index (κ1) is 35.8. The summed E-state index contributed by atoms with van der Waals surface area (Å²) in [6.45, 7) is 6.94. The van der Waals surface area contributed by atoms with Gasteiger partial charge in [0, 0.05) is 33.5 Å².